The zero-order valence-electron chi connectivity index (χ0n) is 12.9. The Morgan fingerprint density at radius 1 is 1.24 bits per heavy atom. The average Bonchev–Trinajstić information content (AvgIpc) is 2.54. The van der Waals surface area contributed by atoms with Crippen molar-refractivity contribution in [3.63, 3.8) is 0 Å². The Bertz CT molecular complexity index is 488. The van der Waals surface area contributed by atoms with Crippen molar-refractivity contribution >= 4 is 11.6 Å². The summed E-state index contributed by atoms with van der Waals surface area (Å²) in [6, 6.07) is 7.11. The Kier molecular flexibility index (Phi) is 5.78. The molecule has 0 unspecified atom stereocenters. The maximum absolute atomic E-state index is 12.0. The van der Waals surface area contributed by atoms with E-state index in [1.54, 1.807) is 24.3 Å². The van der Waals surface area contributed by atoms with Crippen LogP contribution in [0.5, 0.6) is 5.75 Å². The summed E-state index contributed by atoms with van der Waals surface area (Å²) < 4.78 is 5.36. The van der Waals surface area contributed by atoms with Crippen LogP contribution in [0.1, 0.15) is 56.3 Å². The normalized spacial score (nSPS) is 16.6. The van der Waals surface area contributed by atoms with Gasteiger partial charge in [0.05, 0.1) is 6.61 Å². The first-order valence-corrected chi connectivity index (χ1v) is 7.78. The molecule has 1 aromatic carbocycles. The number of hydrogen-bond acceptors (Lipinski definition) is 3. The van der Waals surface area contributed by atoms with Crippen molar-refractivity contribution in [2.45, 2.75) is 46.0 Å². The zero-order valence-corrected chi connectivity index (χ0v) is 12.9. The van der Waals surface area contributed by atoms with Crippen LogP contribution in [0.25, 0.3) is 0 Å². The van der Waals surface area contributed by atoms with Gasteiger partial charge in [-0.15, -0.1) is 0 Å². The fraction of sp³-hybridized carbons (Fsp3) is 0.529. The molecule has 1 saturated carbocycles. The highest BCUT2D eigenvalue weighted by molar-refractivity contribution is 5.95. The summed E-state index contributed by atoms with van der Waals surface area (Å²) in [4.78, 5) is 12.0. The van der Waals surface area contributed by atoms with Gasteiger partial charge in [-0.25, -0.2) is 5.43 Å². The summed E-state index contributed by atoms with van der Waals surface area (Å²) in [6.07, 6.45) is 6.24. The highest BCUT2D eigenvalue weighted by Gasteiger charge is 2.16. The predicted octanol–water partition coefficient (Wildman–Crippen LogP) is 3.77. The van der Waals surface area contributed by atoms with Gasteiger partial charge in [-0.05, 0) is 56.9 Å². The van der Waals surface area contributed by atoms with E-state index in [1.165, 1.54) is 32.1 Å². The molecule has 4 heteroatoms. The molecule has 0 spiro atoms. The topological polar surface area (TPSA) is 50.7 Å². The van der Waals surface area contributed by atoms with E-state index >= 15 is 0 Å². The van der Waals surface area contributed by atoms with Gasteiger partial charge in [0.2, 0.25) is 0 Å². The lowest BCUT2D eigenvalue weighted by atomic mass is 9.86. The number of benzene rings is 1. The van der Waals surface area contributed by atoms with E-state index in [4.69, 9.17) is 4.74 Å². The molecular weight excluding hydrogens is 264 g/mol. The number of nitrogens with zero attached hydrogens (tertiary/aromatic N) is 1. The van der Waals surface area contributed by atoms with E-state index in [1.807, 2.05) is 13.8 Å². The number of carbonyl (C=O) groups excluding carboxylic acids is 1. The largest absolute Gasteiger partial charge is 0.494 e. The van der Waals surface area contributed by atoms with E-state index in [-0.39, 0.29) is 5.91 Å². The van der Waals surface area contributed by atoms with Gasteiger partial charge in [0.25, 0.3) is 5.91 Å². The van der Waals surface area contributed by atoms with Crippen LogP contribution in [0.15, 0.2) is 29.4 Å². The Morgan fingerprint density at radius 2 is 1.90 bits per heavy atom. The molecule has 21 heavy (non-hydrogen) atoms. The Morgan fingerprint density at radius 3 is 2.52 bits per heavy atom. The monoisotopic (exact) mass is 288 g/mol. The summed E-state index contributed by atoms with van der Waals surface area (Å²) in [5, 5.41) is 4.27. The summed E-state index contributed by atoms with van der Waals surface area (Å²) >= 11 is 0. The third kappa shape index (κ3) is 4.59. The second kappa shape index (κ2) is 7.81. The van der Waals surface area contributed by atoms with Gasteiger partial charge in [-0.1, -0.05) is 19.3 Å². The SMILES string of the molecule is CCOc1ccc(C(=O)N/N=C(\C)C2CCCCC2)cc1. The summed E-state index contributed by atoms with van der Waals surface area (Å²) in [5.41, 5.74) is 4.29. The van der Waals surface area contributed by atoms with Crippen LogP contribution in [0.2, 0.25) is 0 Å². The van der Waals surface area contributed by atoms with Gasteiger partial charge in [-0.3, -0.25) is 4.79 Å². The van der Waals surface area contributed by atoms with E-state index in [2.05, 4.69) is 10.5 Å². The lowest BCUT2D eigenvalue weighted by Crippen LogP contribution is -2.23. The minimum absolute atomic E-state index is 0.173. The van der Waals surface area contributed by atoms with E-state index in [9.17, 15) is 4.79 Å². The van der Waals surface area contributed by atoms with Crippen molar-refractivity contribution in [1.29, 1.82) is 0 Å². The van der Waals surface area contributed by atoms with Gasteiger partial charge in [0, 0.05) is 11.3 Å². The van der Waals surface area contributed by atoms with Gasteiger partial charge < -0.3 is 4.74 Å². The molecule has 1 aliphatic carbocycles. The Labute approximate surface area is 126 Å². The maximum Gasteiger partial charge on any atom is 0.271 e. The second-order valence-electron chi connectivity index (χ2n) is 5.49. The molecular formula is C17H24N2O2. The molecule has 0 atom stereocenters. The van der Waals surface area contributed by atoms with Crippen molar-refractivity contribution in [3.05, 3.63) is 29.8 Å². The van der Waals surface area contributed by atoms with E-state index in [0.717, 1.165) is 11.5 Å². The van der Waals surface area contributed by atoms with Crippen molar-refractivity contribution in [2.75, 3.05) is 6.61 Å². The molecule has 0 aromatic heterocycles. The molecule has 0 saturated heterocycles. The first-order chi connectivity index (χ1) is 10.2. The number of ether oxygens (including phenoxy) is 1. The molecule has 1 amide bonds. The molecule has 1 aliphatic rings. The minimum atomic E-state index is -0.173. The lowest BCUT2D eigenvalue weighted by Gasteiger charge is -2.21. The quantitative estimate of drug-likeness (QED) is 0.662. The summed E-state index contributed by atoms with van der Waals surface area (Å²) in [5.74, 6) is 1.13. The summed E-state index contributed by atoms with van der Waals surface area (Å²) in [6.45, 7) is 4.56. The average molecular weight is 288 g/mol. The van der Waals surface area contributed by atoms with Crippen LogP contribution in [0.4, 0.5) is 0 Å². The molecule has 1 N–H and O–H groups in total. The third-order valence-electron chi connectivity index (χ3n) is 3.96. The number of carbonyl (C=O) groups is 1. The number of hydrazone groups is 1. The molecule has 2 rings (SSSR count). The minimum Gasteiger partial charge on any atom is -0.494 e. The Hall–Kier alpha value is -1.84. The van der Waals surface area contributed by atoms with Gasteiger partial charge >= 0.3 is 0 Å². The molecule has 1 aromatic rings. The number of hydrogen-bond donors (Lipinski definition) is 1. The number of rotatable bonds is 5. The van der Waals surface area contributed by atoms with Crippen molar-refractivity contribution in [3.8, 4) is 5.75 Å². The van der Waals surface area contributed by atoms with Crippen molar-refractivity contribution in [1.82, 2.24) is 5.43 Å². The molecule has 0 aliphatic heterocycles. The maximum atomic E-state index is 12.0. The lowest BCUT2D eigenvalue weighted by molar-refractivity contribution is 0.0954. The van der Waals surface area contributed by atoms with Gasteiger partial charge in [0.1, 0.15) is 5.75 Å². The molecule has 1 fully saturated rings. The molecule has 0 bridgehead atoms. The standard InChI is InChI=1S/C17H24N2O2/c1-3-21-16-11-9-15(10-12-16)17(20)19-18-13(2)14-7-5-4-6-8-14/h9-12,14H,3-8H2,1-2H3,(H,19,20)/b18-13+. The second-order valence-corrected chi connectivity index (χ2v) is 5.49. The number of amides is 1. The van der Waals surface area contributed by atoms with Crippen molar-refractivity contribution < 1.29 is 9.53 Å². The van der Waals surface area contributed by atoms with Gasteiger partial charge in [0.15, 0.2) is 0 Å². The first kappa shape index (κ1) is 15.5. The summed E-state index contributed by atoms with van der Waals surface area (Å²) in [7, 11) is 0. The molecule has 0 radical (unpaired) electrons. The fourth-order valence-corrected chi connectivity index (χ4v) is 2.68. The predicted molar refractivity (Wildman–Crippen MR) is 84.8 cm³/mol. The van der Waals surface area contributed by atoms with E-state index in [0.29, 0.717) is 18.1 Å². The highest BCUT2D eigenvalue weighted by Crippen LogP contribution is 2.24. The van der Waals surface area contributed by atoms with Crippen LogP contribution in [0, 0.1) is 5.92 Å². The van der Waals surface area contributed by atoms with Crippen molar-refractivity contribution in [2.24, 2.45) is 11.0 Å². The van der Waals surface area contributed by atoms with Gasteiger partial charge in [-0.2, -0.15) is 5.10 Å². The van der Waals surface area contributed by atoms with Crippen LogP contribution < -0.4 is 10.2 Å². The Balaban J connectivity index is 1.91. The third-order valence-corrected chi connectivity index (χ3v) is 3.96. The molecule has 114 valence electrons. The zero-order chi connectivity index (χ0) is 15.1. The number of nitrogens with one attached hydrogen (secondary N) is 1. The highest BCUT2D eigenvalue weighted by atomic mass is 16.5. The van der Waals surface area contributed by atoms with Crippen LogP contribution in [-0.4, -0.2) is 18.2 Å². The fourth-order valence-electron chi connectivity index (χ4n) is 2.68. The van der Waals surface area contributed by atoms with Crippen LogP contribution >= 0.6 is 0 Å². The molecule has 4 nitrogen and oxygen atoms in total. The molecule has 0 heterocycles. The van der Waals surface area contributed by atoms with E-state index < -0.39 is 0 Å². The van der Waals surface area contributed by atoms with Crippen LogP contribution in [-0.2, 0) is 0 Å². The van der Waals surface area contributed by atoms with Crippen LogP contribution in [0.3, 0.4) is 0 Å². The smallest absolute Gasteiger partial charge is 0.271 e. The first-order valence-electron chi connectivity index (χ1n) is 7.78.